The van der Waals surface area contributed by atoms with Crippen molar-refractivity contribution in [3.63, 3.8) is 0 Å². The summed E-state index contributed by atoms with van der Waals surface area (Å²) in [6.45, 7) is 0. The van der Waals surface area contributed by atoms with Gasteiger partial charge < -0.3 is 0 Å². The van der Waals surface area contributed by atoms with Crippen LogP contribution >= 0.6 is 0 Å². The summed E-state index contributed by atoms with van der Waals surface area (Å²) in [5.41, 5.74) is 3.92. The van der Waals surface area contributed by atoms with Gasteiger partial charge in [0, 0.05) is 45.1 Å². The largest absolute Gasteiger partial charge is 0.277 e. The van der Waals surface area contributed by atoms with E-state index in [9.17, 15) is 0 Å². The van der Waals surface area contributed by atoms with E-state index < -0.39 is 0 Å². The summed E-state index contributed by atoms with van der Waals surface area (Å²) in [4.78, 5) is 8.76. The fraction of sp³-hybridized carbons (Fsp3) is 0. The zero-order valence-corrected chi connectivity index (χ0v) is 14.1. The van der Waals surface area contributed by atoms with Crippen LogP contribution < -0.4 is 0 Å². The Bertz CT molecular complexity index is 841. The maximum Gasteiger partial charge on any atom is 0.0247 e. The quantitative estimate of drug-likeness (QED) is 0.488. The van der Waals surface area contributed by atoms with Gasteiger partial charge in [-0.05, 0) is 11.0 Å². The minimum absolute atomic E-state index is 0. The molecule has 2 aromatic heterocycles. The first-order valence-corrected chi connectivity index (χ1v) is 6.43. The van der Waals surface area contributed by atoms with Crippen LogP contribution in [0, 0.1) is 12.1 Å². The molecule has 97 valence electrons. The fourth-order valence-corrected chi connectivity index (χ4v) is 2.32. The van der Waals surface area contributed by atoms with E-state index in [0.29, 0.717) is 0 Å². The van der Waals surface area contributed by atoms with Gasteiger partial charge in [-0.15, -0.1) is 12.1 Å². The summed E-state index contributed by atoms with van der Waals surface area (Å²) in [5.74, 6) is 0. The Balaban J connectivity index is 0.00000132. The molecular formula is C18H10N2Y-2. The summed E-state index contributed by atoms with van der Waals surface area (Å²) in [6, 6.07) is 22.5. The van der Waals surface area contributed by atoms with Crippen molar-refractivity contribution in [3.8, 4) is 11.1 Å². The molecule has 0 aliphatic carbocycles. The van der Waals surface area contributed by atoms with Crippen LogP contribution in [-0.4, -0.2) is 9.97 Å². The monoisotopic (exact) mass is 343 g/mol. The van der Waals surface area contributed by atoms with E-state index in [0.717, 1.165) is 32.9 Å². The average molecular weight is 343 g/mol. The van der Waals surface area contributed by atoms with E-state index in [-0.39, 0.29) is 32.7 Å². The first-order valence-electron chi connectivity index (χ1n) is 6.43. The van der Waals surface area contributed by atoms with E-state index >= 15 is 0 Å². The summed E-state index contributed by atoms with van der Waals surface area (Å²) in [7, 11) is 0. The van der Waals surface area contributed by atoms with Crippen LogP contribution in [0.2, 0.25) is 0 Å². The molecule has 0 saturated carbocycles. The summed E-state index contributed by atoms with van der Waals surface area (Å²) in [5, 5.41) is 2.19. The molecule has 3 heteroatoms. The van der Waals surface area contributed by atoms with Gasteiger partial charge in [0.15, 0.2) is 0 Å². The molecule has 21 heavy (non-hydrogen) atoms. The molecule has 0 bridgehead atoms. The molecule has 0 N–H and O–H groups in total. The Morgan fingerprint density at radius 3 is 1.67 bits per heavy atom. The molecule has 2 heterocycles. The van der Waals surface area contributed by atoms with Crippen molar-refractivity contribution < 1.29 is 32.7 Å². The van der Waals surface area contributed by atoms with Gasteiger partial charge in [-0.2, -0.15) is 24.3 Å². The molecule has 4 rings (SSSR count). The SMILES string of the molecule is [Y].[c-]1cc2cccnc2cc1-c1[c-]cc2cccnc2c1. The average Bonchev–Trinajstić information content (AvgIpc) is 2.54. The van der Waals surface area contributed by atoms with Crippen molar-refractivity contribution in [2.24, 2.45) is 0 Å². The molecule has 0 amide bonds. The van der Waals surface area contributed by atoms with Gasteiger partial charge in [-0.1, -0.05) is 35.0 Å². The van der Waals surface area contributed by atoms with Crippen LogP contribution in [0.3, 0.4) is 0 Å². The first-order chi connectivity index (χ1) is 9.90. The van der Waals surface area contributed by atoms with Gasteiger partial charge in [0.25, 0.3) is 0 Å². The summed E-state index contributed by atoms with van der Waals surface area (Å²) >= 11 is 0. The van der Waals surface area contributed by atoms with Crippen molar-refractivity contribution in [2.75, 3.05) is 0 Å². The molecule has 0 aliphatic heterocycles. The smallest absolute Gasteiger partial charge is 0.0247 e. The van der Waals surface area contributed by atoms with Crippen molar-refractivity contribution in [1.29, 1.82) is 0 Å². The van der Waals surface area contributed by atoms with Crippen molar-refractivity contribution in [3.05, 3.63) is 73.1 Å². The van der Waals surface area contributed by atoms with Crippen molar-refractivity contribution in [2.45, 2.75) is 0 Å². The zero-order valence-electron chi connectivity index (χ0n) is 11.2. The number of hydrogen-bond donors (Lipinski definition) is 0. The minimum Gasteiger partial charge on any atom is -0.277 e. The minimum atomic E-state index is 0. The Hall–Kier alpha value is -1.64. The van der Waals surface area contributed by atoms with Gasteiger partial charge in [0.1, 0.15) is 0 Å². The molecule has 0 aliphatic rings. The normalized spacial score (nSPS) is 10.5. The van der Waals surface area contributed by atoms with Gasteiger partial charge in [-0.3, -0.25) is 9.97 Å². The number of pyridine rings is 2. The molecule has 0 spiro atoms. The van der Waals surface area contributed by atoms with E-state index in [4.69, 9.17) is 0 Å². The molecule has 1 radical (unpaired) electrons. The Labute approximate surface area is 148 Å². The number of fused-ring (bicyclic) bond motifs is 2. The second-order valence-corrected chi connectivity index (χ2v) is 4.65. The fourth-order valence-electron chi connectivity index (χ4n) is 2.32. The van der Waals surface area contributed by atoms with Gasteiger partial charge in [-0.25, -0.2) is 11.1 Å². The summed E-state index contributed by atoms with van der Waals surface area (Å²) < 4.78 is 0. The van der Waals surface area contributed by atoms with Gasteiger partial charge in [0.2, 0.25) is 0 Å². The Kier molecular flexibility index (Phi) is 4.09. The maximum absolute atomic E-state index is 4.38. The Morgan fingerprint density at radius 2 is 1.19 bits per heavy atom. The van der Waals surface area contributed by atoms with Crippen LogP contribution in [0.5, 0.6) is 0 Å². The van der Waals surface area contributed by atoms with Crippen LogP contribution in [0.15, 0.2) is 60.9 Å². The van der Waals surface area contributed by atoms with E-state index in [1.807, 2.05) is 48.5 Å². The number of nitrogens with zero attached hydrogens (tertiary/aromatic N) is 2. The Morgan fingerprint density at radius 1 is 0.714 bits per heavy atom. The van der Waals surface area contributed by atoms with E-state index in [1.54, 1.807) is 12.4 Å². The van der Waals surface area contributed by atoms with Crippen LogP contribution in [0.25, 0.3) is 32.9 Å². The van der Waals surface area contributed by atoms with Crippen LogP contribution in [0.1, 0.15) is 0 Å². The van der Waals surface area contributed by atoms with Gasteiger partial charge >= 0.3 is 0 Å². The molecule has 4 aromatic rings. The first kappa shape index (κ1) is 14.3. The molecule has 2 nitrogen and oxygen atoms in total. The van der Waals surface area contributed by atoms with Crippen molar-refractivity contribution >= 4 is 21.8 Å². The second-order valence-electron chi connectivity index (χ2n) is 4.65. The van der Waals surface area contributed by atoms with Crippen molar-refractivity contribution in [1.82, 2.24) is 9.97 Å². The molecule has 0 atom stereocenters. The second kappa shape index (κ2) is 6.01. The summed E-state index contributed by atoms with van der Waals surface area (Å²) in [6.07, 6.45) is 3.61. The standard InChI is InChI=1S/C18H10N2.Y/c1-3-13-5-7-15(11-17(13)19-9-1)16-8-6-14-4-2-10-20-18(14)12-16;/h1-6,9-12H;/q-2;. The number of rotatable bonds is 1. The number of aromatic nitrogens is 2. The zero-order chi connectivity index (χ0) is 13.4. The molecule has 0 unspecified atom stereocenters. The predicted molar refractivity (Wildman–Crippen MR) is 80.2 cm³/mol. The molecule has 0 fully saturated rings. The maximum atomic E-state index is 4.38. The topological polar surface area (TPSA) is 25.8 Å². The van der Waals surface area contributed by atoms with Crippen LogP contribution in [0.4, 0.5) is 0 Å². The third kappa shape index (κ3) is 2.74. The third-order valence-electron chi connectivity index (χ3n) is 3.36. The third-order valence-corrected chi connectivity index (χ3v) is 3.36. The van der Waals surface area contributed by atoms with E-state index in [2.05, 4.69) is 22.1 Å². The molecular weight excluding hydrogens is 333 g/mol. The predicted octanol–water partition coefficient (Wildman–Crippen LogP) is 4.05. The van der Waals surface area contributed by atoms with Crippen LogP contribution in [-0.2, 0) is 32.7 Å². The number of hydrogen-bond acceptors (Lipinski definition) is 2. The number of benzene rings is 2. The van der Waals surface area contributed by atoms with Gasteiger partial charge in [0.05, 0.1) is 0 Å². The van der Waals surface area contributed by atoms with E-state index in [1.165, 1.54) is 0 Å². The molecule has 0 saturated heterocycles. The molecule has 2 aromatic carbocycles.